The number of nitro groups is 1. The molecule has 0 fully saturated rings. The number of aromatic nitrogens is 1. The van der Waals surface area contributed by atoms with E-state index >= 15 is 0 Å². The van der Waals surface area contributed by atoms with Crippen molar-refractivity contribution in [1.29, 1.82) is 0 Å². The van der Waals surface area contributed by atoms with Gasteiger partial charge in [-0.05, 0) is 51.0 Å². The van der Waals surface area contributed by atoms with Gasteiger partial charge in [-0.3, -0.25) is 24.7 Å². The molecule has 0 radical (unpaired) electrons. The third-order valence-electron chi connectivity index (χ3n) is 4.30. The van der Waals surface area contributed by atoms with E-state index in [1.807, 2.05) is 0 Å². The molecule has 2 rings (SSSR count). The summed E-state index contributed by atoms with van der Waals surface area (Å²) in [6.07, 6.45) is 3.94. The number of benzene rings is 1. The minimum absolute atomic E-state index is 0.0134. The van der Waals surface area contributed by atoms with E-state index in [1.165, 1.54) is 24.5 Å². The second-order valence-electron chi connectivity index (χ2n) is 5.78. The number of Topliss-reactive ketones (excluding diaryl/α,β-unsaturated/α-hetero) is 1. The maximum atomic E-state index is 12.5. The zero-order valence-corrected chi connectivity index (χ0v) is 14.9. The van der Waals surface area contributed by atoms with Crippen molar-refractivity contribution in [1.82, 2.24) is 10.4 Å². The highest BCUT2D eigenvalue weighted by Gasteiger charge is 2.24. The normalized spacial score (nSPS) is 10.8. The molecule has 0 atom stereocenters. The van der Waals surface area contributed by atoms with Gasteiger partial charge in [-0.1, -0.05) is 0 Å². The Balaban J connectivity index is 2.28. The molecule has 134 valence electrons. The van der Waals surface area contributed by atoms with Crippen LogP contribution in [0.15, 0.2) is 29.6 Å². The quantitative estimate of drug-likeness (QED) is 0.384. The number of carbonyl (C=O) groups excluding carboxylic acids is 2. The maximum Gasteiger partial charge on any atom is 0.275 e. The van der Waals surface area contributed by atoms with Gasteiger partial charge in [0.15, 0.2) is 0 Å². The minimum atomic E-state index is -0.471. The van der Waals surface area contributed by atoms with Crippen LogP contribution in [0.25, 0.3) is 0 Å². The minimum Gasteiger partial charge on any atom is -0.287 e. The Morgan fingerprint density at radius 1 is 1.08 bits per heavy atom. The molecular weight excluding hydrogens is 336 g/mol. The van der Waals surface area contributed by atoms with Crippen LogP contribution < -0.4 is 5.43 Å². The Morgan fingerprint density at radius 2 is 1.62 bits per heavy atom. The van der Waals surface area contributed by atoms with Crippen molar-refractivity contribution < 1.29 is 14.5 Å². The zero-order chi connectivity index (χ0) is 19.4. The van der Waals surface area contributed by atoms with Crippen molar-refractivity contribution in [2.24, 2.45) is 5.10 Å². The fourth-order valence-corrected chi connectivity index (χ4v) is 2.72. The average molecular weight is 354 g/mol. The number of hydrogen-bond acceptors (Lipinski definition) is 6. The first-order chi connectivity index (χ1) is 12.3. The highest BCUT2D eigenvalue weighted by Crippen LogP contribution is 2.32. The van der Waals surface area contributed by atoms with Crippen molar-refractivity contribution >= 4 is 23.6 Å². The van der Waals surface area contributed by atoms with Gasteiger partial charge >= 0.3 is 0 Å². The smallest absolute Gasteiger partial charge is 0.275 e. The molecule has 0 aliphatic carbocycles. The molecule has 0 aliphatic heterocycles. The molecule has 0 spiro atoms. The molecular formula is C18H18N4O4. The average Bonchev–Trinajstić information content (AvgIpc) is 2.60. The summed E-state index contributed by atoms with van der Waals surface area (Å²) < 4.78 is 0. The number of nitro benzene ring substituents is 1. The van der Waals surface area contributed by atoms with Gasteiger partial charge in [0.1, 0.15) is 0 Å². The molecule has 0 saturated carbocycles. The molecule has 1 heterocycles. The van der Waals surface area contributed by atoms with Gasteiger partial charge in [0.25, 0.3) is 11.6 Å². The van der Waals surface area contributed by atoms with Crippen molar-refractivity contribution in [3.63, 3.8) is 0 Å². The number of rotatable bonds is 5. The first-order valence-electron chi connectivity index (χ1n) is 7.78. The van der Waals surface area contributed by atoms with Crippen LogP contribution in [0.4, 0.5) is 5.69 Å². The second kappa shape index (κ2) is 7.64. The standard InChI is InChI=1S/C18H18N4O4/c1-10-12(3)17(22(25)26)13(4)11(2)16(10)15(23)9-20-21-18(24)14-5-7-19-8-6-14/h5-9H,1-4H3,(H,21,24)/b20-9+. The first-order valence-corrected chi connectivity index (χ1v) is 7.78. The van der Waals surface area contributed by atoms with E-state index in [0.29, 0.717) is 33.4 Å². The topological polar surface area (TPSA) is 115 Å². The molecule has 0 bridgehead atoms. The lowest BCUT2D eigenvalue weighted by Crippen LogP contribution is -2.19. The molecule has 0 aliphatic rings. The van der Waals surface area contributed by atoms with E-state index in [0.717, 1.165) is 6.21 Å². The van der Waals surface area contributed by atoms with Gasteiger partial charge in [0, 0.05) is 34.6 Å². The summed E-state index contributed by atoms with van der Waals surface area (Å²) in [6.45, 7) is 6.54. The first kappa shape index (κ1) is 18.9. The Hall–Kier alpha value is -3.42. The SMILES string of the molecule is Cc1c(C)c([N+](=O)[O-])c(C)c(C)c1C(=O)/C=N/NC(=O)c1ccncc1. The third-order valence-corrected chi connectivity index (χ3v) is 4.30. The molecule has 1 aromatic heterocycles. The number of hydrogen-bond donors (Lipinski definition) is 1. The van der Waals surface area contributed by atoms with E-state index in [9.17, 15) is 19.7 Å². The van der Waals surface area contributed by atoms with Crippen LogP contribution >= 0.6 is 0 Å². The molecule has 2 aromatic rings. The lowest BCUT2D eigenvalue weighted by Gasteiger charge is -2.13. The monoisotopic (exact) mass is 354 g/mol. The van der Waals surface area contributed by atoms with E-state index < -0.39 is 16.6 Å². The van der Waals surface area contributed by atoms with E-state index in [4.69, 9.17) is 0 Å². The number of pyridine rings is 1. The summed E-state index contributed by atoms with van der Waals surface area (Å²) in [7, 11) is 0. The Bertz CT molecular complexity index is 892. The van der Waals surface area contributed by atoms with Gasteiger partial charge in [0.05, 0.1) is 11.1 Å². The predicted octanol–water partition coefficient (Wildman–Crippen LogP) is 2.82. The van der Waals surface area contributed by atoms with Crippen LogP contribution in [0, 0.1) is 37.8 Å². The number of nitrogens with zero attached hydrogens (tertiary/aromatic N) is 3. The second-order valence-corrected chi connectivity index (χ2v) is 5.78. The fourth-order valence-electron chi connectivity index (χ4n) is 2.72. The van der Waals surface area contributed by atoms with Crippen LogP contribution in [-0.2, 0) is 0 Å². The van der Waals surface area contributed by atoms with Crippen LogP contribution in [0.3, 0.4) is 0 Å². The summed E-state index contributed by atoms with van der Waals surface area (Å²) in [5.41, 5.74) is 4.93. The van der Waals surface area contributed by atoms with E-state index in [-0.39, 0.29) is 5.69 Å². The molecule has 8 nitrogen and oxygen atoms in total. The van der Waals surface area contributed by atoms with Gasteiger partial charge in [-0.15, -0.1) is 0 Å². The predicted molar refractivity (Wildman–Crippen MR) is 96.6 cm³/mol. The molecule has 1 amide bonds. The maximum absolute atomic E-state index is 12.5. The number of hydrazone groups is 1. The molecule has 1 aromatic carbocycles. The summed E-state index contributed by atoms with van der Waals surface area (Å²) in [6, 6.07) is 3.04. The molecule has 0 saturated heterocycles. The van der Waals surface area contributed by atoms with Gasteiger partial charge < -0.3 is 0 Å². The van der Waals surface area contributed by atoms with Gasteiger partial charge in [-0.2, -0.15) is 5.10 Å². The summed E-state index contributed by atoms with van der Waals surface area (Å²) >= 11 is 0. The van der Waals surface area contributed by atoms with Crippen molar-refractivity contribution in [2.75, 3.05) is 0 Å². The summed E-state index contributed by atoms with van der Waals surface area (Å²) in [4.78, 5) is 39.0. The Kier molecular flexibility index (Phi) is 5.56. The van der Waals surface area contributed by atoms with E-state index in [1.54, 1.807) is 27.7 Å². The number of ketones is 1. The van der Waals surface area contributed by atoms with Crippen molar-refractivity contribution in [2.45, 2.75) is 27.7 Å². The van der Waals surface area contributed by atoms with Crippen LogP contribution in [-0.4, -0.2) is 27.8 Å². The molecule has 26 heavy (non-hydrogen) atoms. The molecule has 8 heteroatoms. The van der Waals surface area contributed by atoms with Crippen LogP contribution in [0.1, 0.15) is 43.0 Å². The fraction of sp³-hybridized carbons (Fsp3) is 0.222. The summed E-state index contributed by atoms with van der Waals surface area (Å²) in [5, 5.41) is 14.9. The zero-order valence-electron chi connectivity index (χ0n) is 14.9. The van der Waals surface area contributed by atoms with Gasteiger partial charge in [-0.25, -0.2) is 5.43 Å². The Labute approximate surface area is 150 Å². The number of carbonyl (C=O) groups is 2. The highest BCUT2D eigenvalue weighted by molar-refractivity contribution is 6.36. The van der Waals surface area contributed by atoms with Crippen LogP contribution in [0.2, 0.25) is 0 Å². The van der Waals surface area contributed by atoms with Gasteiger partial charge in [0.2, 0.25) is 5.78 Å². The lowest BCUT2D eigenvalue weighted by molar-refractivity contribution is -0.386. The number of amides is 1. The van der Waals surface area contributed by atoms with E-state index in [2.05, 4.69) is 15.5 Å². The van der Waals surface area contributed by atoms with Crippen molar-refractivity contribution in [3.8, 4) is 0 Å². The number of nitrogens with one attached hydrogen (secondary N) is 1. The Morgan fingerprint density at radius 3 is 2.12 bits per heavy atom. The summed E-state index contributed by atoms with van der Waals surface area (Å²) in [5.74, 6) is -0.905. The highest BCUT2D eigenvalue weighted by atomic mass is 16.6. The molecule has 1 N–H and O–H groups in total. The van der Waals surface area contributed by atoms with Crippen LogP contribution in [0.5, 0.6) is 0 Å². The van der Waals surface area contributed by atoms with Crippen molar-refractivity contribution in [3.05, 3.63) is 68.0 Å². The largest absolute Gasteiger partial charge is 0.287 e. The lowest BCUT2D eigenvalue weighted by atomic mass is 9.90. The third kappa shape index (κ3) is 3.64. The molecule has 0 unspecified atom stereocenters.